The number of nitro groups is 1. The second-order valence-corrected chi connectivity index (χ2v) is 9.32. The van der Waals surface area contributed by atoms with Gasteiger partial charge in [-0.3, -0.25) is 14.9 Å². The average Bonchev–Trinajstić information content (AvgIpc) is 3.19. The van der Waals surface area contributed by atoms with Gasteiger partial charge >= 0.3 is 0 Å². The number of carbonyl (C=O) groups is 1. The van der Waals surface area contributed by atoms with Crippen LogP contribution in [0, 0.1) is 52.0 Å². The van der Waals surface area contributed by atoms with Gasteiger partial charge in [0.15, 0.2) is 11.2 Å². The summed E-state index contributed by atoms with van der Waals surface area (Å²) in [6.07, 6.45) is 3.71. The summed E-state index contributed by atoms with van der Waals surface area (Å²) in [6, 6.07) is 22.0. The molecular formula is C29H22N4O3. The molecule has 1 saturated heterocycles. The molecule has 2 heterocycles. The molecule has 7 nitrogen and oxygen atoms in total. The van der Waals surface area contributed by atoms with Crippen LogP contribution in [0.3, 0.4) is 0 Å². The number of Topliss-reactive ketones (excluding diaryl/α,β-unsaturated/α-hetero) is 1. The lowest BCUT2D eigenvalue weighted by Crippen LogP contribution is -2.44. The van der Waals surface area contributed by atoms with Gasteiger partial charge in [0.05, 0.1) is 23.1 Å². The molecule has 36 heavy (non-hydrogen) atoms. The summed E-state index contributed by atoms with van der Waals surface area (Å²) in [5.41, 5.74) is 2.85. The Hall–Kier alpha value is -4.75. The van der Waals surface area contributed by atoms with Crippen LogP contribution in [-0.2, 0) is 0 Å². The van der Waals surface area contributed by atoms with Crippen LogP contribution in [0.2, 0.25) is 0 Å². The molecule has 7 heteroatoms. The number of non-ortho nitro benzene ring substituents is 1. The maximum atomic E-state index is 14.3. The van der Waals surface area contributed by atoms with E-state index in [-0.39, 0.29) is 11.5 Å². The second kappa shape index (κ2) is 8.48. The third kappa shape index (κ3) is 3.29. The molecule has 1 fully saturated rings. The van der Waals surface area contributed by atoms with Crippen LogP contribution < -0.4 is 4.90 Å². The summed E-state index contributed by atoms with van der Waals surface area (Å²) in [5, 5.41) is 32.2. The molecule has 0 aliphatic carbocycles. The van der Waals surface area contributed by atoms with E-state index in [9.17, 15) is 25.4 Å². The van der Waals surface area contributed by atoms with Crippen molar-refractivity contribution in [2.45, 2.75) is 31.8 Å². The van der Waals surface area contributed by atoms with E-state index in [4.69, 9.17) is 0 Å². The first kappa shape index (κ1) is 23.0. The minimum Gasteiger partial charge on any atom is -0.351 e. The number of nitriles is 2. The number of para-hydroxylation sites is 1. The fourth-order valence-electron chi connectivity index (χ4n) is 5.66. The molecule has 0 N–H and O–H groups in total. The Morgan fingerprint density at radius 1 is 1.03 bits per heavy atom. The van der Waals surface area contributed by atoms with Crippen molar-refractivity contribution < 1.29 is 9.72 Å². The zero-order valence-electron chi connectivity index (χ0n) is 19.8. The van der Waals surface area contributed by atoms with Crippen molar-refractivity contribution in [1.82, 2.24) is 0 Å². The van der Waals surface area contributed by atoms with Crippen LogP contribution in [0.4, 0.5) is 11.4 Å². The van der Waals surface area contributed by atoms with E-state index >= 15 is 0 Å². The second-order valence-electron chi connectivity index (χ2n) is 9.32. The van der Waals surface area contributed by atoms with Gasteiger partial charge in [0.2, 0.25) is 0 Å². The Morgan fingerprint density at radius 3 is 2.36 bits per heavy atom. The number of benzene rings is 3. The molecule has 2 aliphatic rings. The molecule has 3 aromatic rings. The molecule has 0 bridgehead atoms. The lowest BCUT2D eigenvalue weighted by atomic mass is 9.69. The fraction of sp³-hybridized carbons (Fsp3) is 0.207. The lowest BCUT2D eigenvalue weighted by Gasteiger charge is -2.35. The molecule has 0 saturated carbocycles. The smallest absolute Gasteiger partial charge is 0.269 e. The SMILES string of the molecule is Cc1ccc(C(=O)[C@H]2[C@H](c3ccc([N+](=O)[O-])cc3)C(C#N)(C#N)[C@H]3C=Cc4ccccc4N23)c(C)c1. The highest BCUT2D eigenvalue weighted by Gasteiger charge is 2.63. The average molecular weight is 475 g/mol. The number of ketones is 1. The minimum absolute atomic E-state index is 0.100. The predicted octanol–water partition coefficient (Wildman–Crippen LogP) is 5.50. The summed E-state index contributed by atoms with van der Waals surface area (Å²) in [6.45, 7) is 3.83. The van der Waals surface area contributed by atoms with Crippen molar-refractivity contribution in [1.29, 1.82) is 10.5 Å². The molecule has 3 atom stereocenters. The number of carbonyl (C=O) groups excluding carboxylic acids is 1. The van der Waals surface area contributed by atoms with Gasteiger partial charge in [0.25, 0.3) is 5.69 Å². The van der Waals surface area contributed by atoms with E-state index in [0.717, 1.165) is 22.4 Å². The van der Waals surface area contributed by atoms with Crippen molar-refractivity contribution in [2.75, 3.05) is 4.90 Å². The molecule has 0 amide bonds. The Kier molecular flexibility index (Phi) is 5.42. The maximum absolute atomic E-state index is 14.3. The number of anilines is 1. The van der Waals surface area contributed by atoms with Crippen molar-refractivity contribution in [3.05, 3.63) is 111 Å². The number of rotatable bonds is 4. The van der Waals surface area contributed by atoms with Crippen molar-refractivity contribution in [3.8, 4) is 12.1 Å². The van der Waals surface area contributed by atoms with Gasteiger partial charge in [-0.2, -0.15) is 10.5 Å². The van der Waals surface area contributed by atoms with Gasteiger partial charge in [-0.05, 0) is 36.6 Å². The van der Waals surface area contributed by atoms with E-state index in [1.54, 1.807) is 18.2 Å². The third-order valence-corrected chi connectivity index (χ3v) is 7.29. The number of nitrogens with zero attached hydrogens (tertiary/aromatic N) is 4. The molecule has 0 unspecified atom stereocenters. The summed E-state index contributed by atoms with van der Waals surface area (Å²) in [7, 11) is 0. The normalized spacial score (nSPS) is 21.1. The fourth-order valence-corrected chi connectivity index (χ4v) is 5.66. The zero-order chi connectivity index (χ0) is 25.6. The first-order valence-electron chi connectivity index (χ1n) is 11.6. The van der Waals surface area contributed by atoms with Crippen LogP contribution in [-0.4, -0.2) is 22.8 Å². The summed E-state index contributed by atoms with van der Waals surface area (Å²) in [4.78, 5) is 27.0. The first-order valence-corrected chi connectivity index (χ1v) is 11.6. The Bertz CT molecular complexity index is 1500. The number of hydrogen-bond acceptors (Lipinski definition) is 6. The molecule has 0 radical (unpaired) electrons. The van der Waals surface area contributed by atoms with Gasteiger partial charge in [0, 0.05) is 29.3 Å². The molecule has 176 valence electrons. The standard InChI is InChI=1S/C29H22N4O3/c1-18-7-13-23(19(2)15-18)28(34)27-26(21-8-11-22(12-9-21)33(35)36)29(16-30,17-31)25-14-10-20-5-3-4-6-24(20)32(25)27/h3-15,25-27H,1-2H3/t25-,26+,27-/m1/s1. The quantitative estimate of drug-likeness (QED) is 0.281. The highest BCUT2D eigenvalue weighted by atomic mass is 16.6. The Balaban J connectivity index is 1.78. The molecule has 5 rings (SSSR count). The Labute approximate surface area is 208 Å². The number of nitro benzene ring substituents is 1. The highest BCUT2D eigenvalue weighted by molar-refractivity contribution is 6.05. The van der Waals surface area contributed by atoms with E-state index in [2.05, 4.69) is 12.1 Å². The van der Waals surface area contributed by atoms with E-state index in [0.29, 0.717) is 11.1 Å². The zero-order valence-corrected chi connectivity index (χ0v) is 19.8. The van der Waals surface area contributed by atoms with E-state index in [1.807, 2.05) is 67.3 Å². The predicted molar refractivity (Wildman–Crippen MR) is 135 cm³/mol. The maximum Gasteiger partial charge on any atom is 0.269 e. The first-order chi connectivity index (χ1) is 17.3. The van der Waals surface area contributed by atoms with E-state index in [1.165, 1.54) is 12.1 Å². The number of hydrogen-bond donors (Lipinski definition) is 0. The molecular weight excluding hydrogens is 452 g/mol. The van der Waals surface area contributed by atoms with Gasteiger partial charge in [-0.25, -0.2) is 0 Å². The van der Waals surface area contributed by atoms with Gasteiger partial charge in [0.1, 0.15) is 6.04 Å². The third-order valence-electron chi connectivity index (χ3n) is 7.29. The molecule has 3 aromatic carbocycles. The topological polar surface area (TPSA) is 111 Å². The largest absolute Gasteiger partial charge is 0.351 e. The van der Waals surface area contributed by atoms with Gasteiger partial charge < -0.3 is 4.90 Å². The summed E-state index contributed by atoms with van der Waals surface area (Å²) in [5.74, 6) is -1.04. The molecule has 2 aliphatic heterocycles. The number of aryl methyl sites for hydroxylation is 2. The van der Waals surface area contributed by atoms with Crippen molar-refractivity contribution >= 4 is 23.2 Å². The summed E-state index contributed by atoms with van der Waals surface area (Å²) < 4.78 is 0. The van der Waals surface area contributed by atoms with Crippen molar-refractivity contribution in [3.63, 3.8) is 0 Å². The van der Waals surface area contributed by atoms with E-state index < -0.39 is 28.3 Å². The van der Waals surface area contributed by atoms with Gasteiger partial charge in [-0.15, -0.1) is 0 Å². The van der Waals surface area contributed by atoms with Crippen LogP contribution >= 0.6 is 0 Å². The van der Waals surface area contributed by atoms with Crippen LogP contribution in [0.5, 0.6) is 0 Å². The summed E-state index contributed by atoms with van der Waals surface area (Å²) >= 11 is 0. The molecule has 0 aromatic heterocycles. The van der Waals surface area contributed by atoms with Crippen LogP contribution in [0.25, 0.3) is 6.08 Å². The monoisotopic (exact) mass is 474 g/mol. The number of fused-ring (bicyclic) bond motifs is 3. The molecule has 0 spiro atoms. The van der Waals surface area contributed by atoms with Gasteiger partial charge in [-0.1, -0.05) is 66.2 Å². The van der Waals surface area contributed by atoms with Crippen LogP contribution in [0.15, 0.2) is 72.8 Å². The minimum atomic E-state index is -1.60. The van der Waals surface area contributed by atoms with Crippen molar-refractivity contribution in [2.24, 2.45) is 5.41 Å². The highest BCUT2D eigenvalue weighted by Crippen LogP contribution is 2.55. The lowest BCUT2D eigenvalue weighted by molar-refractivity contribution is -0.384. The van der Waals surface area contributed by atoms with Crippen LogP contribution in [0.1, 0.15) is 38.5 Å². The Morgan fingerprint density at radius 2 is 1.72 bits per heavy atom.